The zero-order chi connectivity index (χ0) is 12.5. The van der Waals surface area contributed by atoms with Crippen LogP contribution in [0.3, 0.4) is 0 Å². The van der Waals surface area contributed by atoms with Crippen LogP contribution in [0, 0.1) is 5.41 Å². The molecule has 0 aromatic heterocycles. The van der Waals surface area contributed by atoms with E-state index in [1.54, 1.807) is 0 Å². The first-order valence-corrected chi connectivity index (χ1v) is 6.75. The first kappa shape index (κ1) is 12.8. The standard InChI is InChI=1S/C13H25N3O/c1-15-8-4-11(5-9-15)16(2)12(17)13(10-14)6-3-7-13/h11H,3-10,14H2,1-2H3. The maximum atomic E-state index is 12.5. The lowest BCUT2D eigenvalue weighted by molar-refractivity contribution is -0.148. The summed E-state index contributed by atoms with van der Waals surface area (Å²) in [6.07, 6.45) is 5.32. The number of hydrogen-bond donors (Lipinski definition) is 1. The van der Waals surface area contributed by atoms with Gasteiger partial charge in [-0.3, -0.25) is 4.79 Å². The van der Waals surface area contributed by atoms with E-state index in [0.29, 0.717) is 18.5 Å². The van der Waals surface area contributed by atoms with E-state index in [4.69, 9.17) is 5.73 Å². The molecule has 4 nitrogen and oxygen atoms in total. The van der Waals surface area contributed by atoms with Gasteiger partial charge in [0.2, 0.25) is 5.91 Å². The molecule has 17 heavy (non-hydrogen) atoms. The smallest absolute Gasteiger partial charge is 0.230 e. The highest BCUT2D eigenvalue weighted by atomic mass is 16.2. The molecule has 0 bridgehead atoms. The van der Waals surface area contributed by atoms with Crippen molar-refractivity contribution in [3.05, 3.63) is 0 Å². The Bertz CT molecular complexity index is 275. The minimum atomic E-state index is -0.210. The Hall–Kier alpha value is -0.610. The maximum absolute atomic E-state index is 12.5. The van der Waals surface area contributed by atoms with Crippen LogP contribution < -0.4 is 5.73 Å². The van der Waals surface area contributed by atoms with Gasteiger partial charge in [-0.15, -0.1) is 0 Å². The second-order valence-corrected chi connectivity index (χ2v) is 5.79. The van der Waals surface area contributed by atoms with E-state index in [2.05, 4.69) is 11.9 Å². The zero-order valence-corrected chi connectivity index (χ0v) is 11.1. The van der Waals surface area contributed by atoms with Crippen molar-refractivity contribution in [1.82, 2.24) is 9.80 Å². The van der Waals surface area contributed by atoms with Crippen LogP contribution in [0.15, 0.2) is 0 Å². The molecule has 2 rings (SSSR count). The fraction of sp³-hybridized carbons (Fsp3) is 0.923. The zero-order valence-electron chi connectivity index (χ0n) is 11.1. The number of likely N-dealkylation sites (tertiary alicyclic amines) is 1. The van der Waals surface area contributed by atoms with Gasteiger partial charge in [0, 0.05) is 19.6 Å². The summed E-state index contributed by atoms with van der Waals surface area (Å²) in [7, 11) is 4.11. The Morgan fingerprint density at radius 1 is 1.41 bits per heavy atom. The number of hydrogen-bond acceptors (Lipinski definition) is 3. The highest BCUT2D eigenvalue weighted by Crippen LogP contribution is 2.42. The third kappa shape index (κ3) is 2.33. The van der Waals surface area contributed by atoms with Crippen LogP contribution in [0.4, 0.5) is 0 Å². The van der Waals surface area contributed by atoms with Gasteiger partial charge in [0.05, 0.1) is 5.41 Å². The Morgan fingerprint density at radius 2 is 2.00 bits per heavy atom. The van der Waals surface area contributed by atoms with E-state index >= 15 is 0 Å². The van der Waals surface area contributed by atoms with Crippen molar-refractivity contribution >= 4 is 5.91 Å². The molecule has 1 aliphatic carbocycles. The molecule has 4 heteroatoms. The van der Waals surface area contributed by atoms with Crippen LogP contribution in [0.5, 0.6) is 0 Å². The van der Waals surface area contributed by atoms with E-state index in [1.807, 2.05) is 11.9 Å². The second kappa shape index (κ2) is 4.94. The van der Waals surface area contributed by atoms with Crippen molar-refractivity contribution < 1.29 is 4.79 Å². The summed E-state index contributed by atoms with van der Waals surface area (Å²) >= 11 is 0. The summed E-state index contributed by atoms with van der Waals surface area (Å²) in [6.45, 7) is 2.71. The number of carbonyl (C=O) groups is 1. The molecular weight excluding hydrogens is 214 g/mol. The lowest BCUT2D eigenvalue weighted by Gasteiger charge is -2.45. The van der Waals surface area contributed by atoms with Gasteiger partial charge in [-0.2, -0.15) is 0 Å². The number of rotatable bonds is 3. The molecule has 0 atom stereocenters. The van der Waals surface area contributed by atoms with Crippen LogP contribution >= 0.6 is 0 Å². The molecule has 98 valence electrons. The average Bonchev–Trinajstić information content (AvgIpc) is 2.28. The van der Waals surface area contributed by atoms with E-state index in [1.165, 1.54) is 0 Å². The molecule has 2 aliphatic rings. The van der Waals surface area contributed by atoms with Gasteiger partial charge in [0.15, 0.2) is 0 Å². The fourth-order valence-electron chi connectivity index (χ4n) is 3.03. The number of amides is 1. The normalized spacial score (nSPS) is 25.4. The minimum absolute atomic E-state index is 0.210. The third-order valence-electron chi connectivity index (χ3n) is 4.71. The Morgan fingerprint density at radius 3 is 2.41 bits per heavy atom. The summed E-state index contributed by atoms with van der Waals surface area (Å²) in [6, 6.07) is 0.419. The molecule has 1 aliphatic heterocycles. The van der Waals surface area contributed by atoms with Crippen LogP contribution in [0.1, 0.15) is 32.1 Å². The van der Waals surface area contributed by atoms with Gasteiger partial charge in [-0.05, 0) is 45.8 Å². The molecule has 0 radical (unpaired) electrons. The predicted molar refractivity (Wildman–Crippen MR) is 68.6 cm³/mol. The summed E-state index contributed by atoms with van der Waals surface area (Å²) in [5.74, 6) is 0.292. The average molecular weight is 239 g/mol. The molecule has 1 heterocycles. The van der Waals surface area contributed by atoms with Crippen LogP contribution in [0.25, 0.3) is 0 Å². The van der Waals surface area contributed by atoms with Gasteiger partial charge >= 0.3 is 0 Å². The van der Waals surface area contributed by atoms with E-state index < -0.39 is 0 Å². The first-order valence-electron chi connectivity index (χ1n) is 6.75. The first-order chi connectivity index (χ1) is 8.09. The molecule has 1 amide bonds. The molecule has 0 aromatic carbocycles. The second-order valence-electron chi connectivity index (χ2n) is 5.79. The number of carbonyl (C=O) groups excluding carboxylic acids is 1. The Kier molecular flexibility index (Phi) is 3.73. The monoisotopic (exact) mass is 239 g/mol. The predicted octanol–water partition coefficient (Wildman–Crippen LogP) is 0.668. The molecule has 2 N–H and O–H groups in total. The van der Waals surface area contributed by atoms with Gasteiger partial charge in [-0.25, -0.2) is 0 Å². The Balaban J connectivity index is 1.95. The topological polar surface area (TPSA) is 49.6 Å². The molecule has 0 unspecified atom stereocenters. The van der Waals surface area contributed by atoms with Crippen LogP contribution in [0.2, 0.25) is 0 Å². The third-order valence-corrected chi connectivity index (χ3v) is 4.71. The van der Waals surface area contributed by atoms with Gasteiger partial charge in [-0.1, -0.05) is 6.42 Å². The summed E-state index contributed by atoms with van der Waals surface area (Å²) in [4.78, 5) is 16.8. The fourth-order valence-corrected chi connectivity index (χ4v) is 3.03. The molecule has 1 saturated heterocycles. The molecule has 2 fully saturated rings. The summed E-state index contributed by atoms with van der Waals surface area (Å²) in [5, 5.41) is 0. The highest BCUT2D eigenvalue weighted by molar-refractivity contribution is 5.84. The summed E-state index contributed by atoms with van der Waals surface area (Å²) in [5.41, 5.74) is 5.59. The lowest BCUT2D eigenvalue weighted by atomic mass is 9.67. The van der Waals surface area contributed by atoms with Crippen molar-refractivity contribution in [1.29, 1.82) is 0 Å². The Labute approximate surface area is 104 Å². The summed E-state index contributed by atoms with van der Waals surface area (Å²) < 4.78 is 0. The van der Waals surface area contributed by atoms with Gasteiger partial charge in [0.25, 0.3) is 0 Å². The highest BCUT2D eigenvalue weighted by Gasteiger charge is 2.45. The molecule has 0 aromatic rings. The van der Waals surface area contributed by atoms with E-state index in [0.717, 1.165) is 45.2 Å². The molecule has 1 saturated carbocycles. The van der Waals surface area contributed by atoms with E-state index in [-0.39, 0.29) is 5.41 Å². The van der Waals surface area contributed by atoms with Crippen molar-refractivity contribution in [2.24, 2.45) is 11.1 Å². The van der Waals surface area contributed by atoms with Gasteiger partial charge in [0.1, 0.15) is 0 Å². The minimum Gasteiger partial charge on any atom is -0.342 e. The van der Waals surface area contributed by atoms with Crippen LogP contribution in [-0.2, 0) is 4.79 Å². The number of nitrogens with zero attached hydrogens (tertiary/aromatic N) is 2. The van der Waals surface area contributed by atoms with Crippen LogP contribution in [-0.4, -0.2) is 55.5 Å². The van der Waals surface area contributed by atoms with Crippen molar-refractivity contribution in [2.45, 2.75) is 38.1 Å². The number of nitrogens with two attached hydrogens (primary N) is 1. The van der Waals surface area contributed by atoms with E-state index in [9.17, 15) is 4.79 Å². The maximum Gasteiger partial charge on any atom is 0.230 e. The number of piperidine rings is 1. The van der Waals surface area contributed by atoms with Crippen molar-refractivity contribution in [3.8, 4) is 0 Å². The van der Waals surface area contributed by atoms with Gasteiger partial charge < -0.3 is 15.5 Å². The molecule has 0 spiro atoms. The molecular formula is C13H25N3O. The largest absolute Gasteiger partial charge is 0.342 e. The quantitative estimate of drug-likeness (QED) is 0.787. The SMILES string of the molecule is CN1CCC(N(C)C(=O)C2(CN)CCC2)CC1. The van der Waals surface area contributed by atoms with Crippen molar-refractivity contribution in [2.75, 3.05) is 33.7 Å². The van der Waals surface area contributed by atoms with Crippen molar-refractivity contribution in [3.63, 3.8) is 0 Å². The lowest BCUT2D eigenvalue weighted by Crippen LogP contribution is -2.55.